The average Bonchev–Trinajstić information content (AvgIpc) is 3.04. The number of ether oxygens (including phenoxy) is 2. The van der Waals surface area contributed by atoms with Crippen LogP contribution in [0, 0.1) is 6.92 Å². The van der Waals surface area contributed by atoms with Crippen LogP contribution < -0.4 is 9.47 Å². The van der Waals surface area contributed by atoms with Crippen LogP contribution in [0.1, 0.15) is 34.3 Å². The minimum atomic E-state index is -0.274. The van der Waals surface area contributed by atoms with E-state index in [2.05, 4.69) is 0 Å². The lowest BCUT2D eigenvalue weighted by molar-refractivity contribution is 0.0394. The van der Waals surface area contributed by atoms with Gasteiger partial charge in [-0.2, -0.15) is 0 Å². The lowest BCUT2D eigenvalue weighted by atomic mass is 9.85. The van der Waals surface area contributed by atoms with Gasteiger partial charge in [0.05, 0.1) is 12.6 Å². The Morgan fingerprint density at radius 1 is 1.20 bits per heavy atom. The van der Waals surface area contributed by atoms with Gasteiger partial charge < -0.3 is 14.4 Å². The molecule has 1 saturated heterocycles. The highest BCUT2D eigenvalue weighted by Gasteiger charge is 2.47. The average molecular weight is 337 g/mol. The largest absolute Gasteiger partial charge is 0.496 e. The molecule has 0 N–H and O–H groups in total. The van der Waals surface area contributed by atoms with Crippen LogP contribution >= 0.6 is 0 Å². The van der Waals surface area contributed by atoms with Crippen molar-refractivity contribution < 1.29 is 14.3 Å². The quantitative estimate of drug-likeness (QED) is 0.840. The number of likely N-dealkylation sites (tertiary alicyclic amines) is 1. The Balaban J connectivity index is 1.67. The Morgan fingerprint density at radius 2 is 2.00 bits per heavy atom. The number of aryl methyl sites for hydroxylation is 1. The second kappa shape index (κ2) is 6.10. The van der Waals surface area contributed by atoms with E-state index in [9.17, 15) is 4.79 Å². The molecule has 0 aliphatic carbocycles. The number of carbonyl (C=O) groups is 1. The van der Waals surface area contributed by atoms with Crippen molar-refractivity contribution in [2.75, 3.05) is 20.3 Å². The van der Waals surface area contributed by atoms with Crippen LogP contribution in [0.4, 0.5) is 0 Å². The third-order valence-corrected chi connectivity index (χ3v) is 5.45. The molecule has 1 amide bonds. The highest BCUT2D eigenvalue weighted by molar-refractivity contribution is 5.95. The Hall–Kier alpha value is -2.49. The molecule has 1 unspecified atom stereocenters. The predicted molar refractivity (Wildman–Crippen MR) is 96.4 cm³/mol. The van der Waals surface area contributed by atoms with E-state index in [1.807, 2.05) is 54.3 Å². The third-order valence-electron chi connectivity index (χ3n) is 5.45. The maximum atomic E-state index is 13.1. The van der Waals surface area contributed by atoms with E-state index in [1.165, 1.54) is 0 Å². The van der Waals surface area contributed by atoms with E-state index < -0.39 is 0 Å². The van der Waals surface area contributed by atoms with Crippen molar-refractivity contribution in [3.05, 3.63) is 59.2 Å². The number of amides is 1. The molecule has 2 heterocycles. The van der Waals surface area contributed by atoms with E-state index in [0.29, 0.717) is 6.61 Å². The lowest BCUT2D eigenvalue weighted by Gasteiger charge is -2.42. The SMILES string of the molecule is COc1cccc2c1CC1(CCCN1C(=O)c1ccc(C)cc1)CO2. The minimum absolute atomic E-state index is 0.0967. The standard InChI is InChI=1S/C21H23NO3/c1-15-7-9-16(10-8-15)20(23)22-12-4-11-21(22)13-17-18(24-2)5-3-6-19(17)25-14-21/h3,5-10H,4,11-14H2,1-2H3. The zero-order chi connectivity index (χ0) is 17.4. The topological polar surface area (TPSA) is 38.8 Å². The van der Waals surface area contributed by atoms with Crippen LogP contribution in [0.3, 0.4) is 0 Å². The summed E-state index contributed by atoms with van der Waals surface area (Å²) in [5.74, 6) is 1.81. The van der Waals surface area contributed by atoms with Gasteiger partial charge in [-0.05, 0) is 44.0 Å². The van der Waals surface area contributed by atoms with Crippen molar-refractivity contribution in [1.29, 1.82) is 0 Å². The second-order valence-electron chi connectivity index (χ2n) is 7.05. The highest BCUT2D eigenvalue weighted by Crippen LogP contribution is 2.43. The predicted octanol–water partition coefficient (Wildman–Crippen LogP) is 3.61. The summed E-state index contributed by atoms with van der Waals surface area (Å²) in [6.07, 6.45) is 2.75. The number of benzene rings is 2. The van der Waals surface area contributed by atoms with Gasteiger partial charge in [-0.25, -0.2) is 0 Å². The molecule has 130 valence electrons. The summed E-state index contributed by atoms with van der Waals surface area (Å²) in [5, 5.41) is 0. The Labute approximate surface area is 148 Å². The fraction of sp³-hybridized carbons (Fsp3) is 0.381. The van der Waals surface area contributed by atoms with E-state index in [4.69, 9.17) is 9.47 Å². The summed E-state index contributed by atoms with van der Waals surface area (Å²) in [4.78, 5) is 15.2. The molecule has 2 aromatic rings. The fourth-order valence-corrected chi connectivity index (χ4v) is 4.08. The fourth-order valence-electron chi connectivity index (χ4n) is 4.08. The zero-order valence-corrected chi connectivity index (χ0v) is 14.7. The highest BCUT2D eigenvalue weighted by atomic mass is 16.5. The first-order valence-corrected chi connectivity index (χ1v) is 8.80. The van der Waals surface area contributed by atoms with Gasteiger partial charge in [-0.1, -0.05) is 23.8 Å². The summed E-state index contributed by atoms with van der Waals surface area (Å²) < 4.78 is 11.6. The van der Waals surface area contributed by atoms with Gasteiger partial charge in [0.15, 0.2) is 0 Å². The lowest BCUT2D eigenvalue weighted by Crippen LogP contribution is -2.54. The zero-order valence-electron chi connectivity index (χ0n) is 14.7. The number of nitrogens with zero attached hydrogens (tertiary/aromatic N) is 1. The summed E-state index contributed by atoms with van der Waals surface area (Å²) in [5.41, 5.74) is 2.70. The molecule has 1 fully saturated rings. The van der Waals surface area contributed by atoms with Crippen molar-refractivity contribution in [2.24, 2.45) is 0 Å². The van der Waals surface area contributed by atoms with Crippen molar-refractivity contribution in [2.45, 2.75) is 31.7 Å². The summed E-state index contributed by atoms with van der Waals surface area (Å²) >= 11 is 0. The first-order valence-electron chi connectivity index (χ1n) is 8.80. The van der Waals surface area contributed by atoms with Gasteiger partial charge in [-0.15, -0.1) is 0 Å². The van der Waals surface area contributed by atoms with Crippen molar-refractivity contribution in [3.8, 4) is 11.5 Å². The maximum Gasteiger partial charge on any atom is 0.254 e. The number of fused-ring (bicyclic) bond motifs is 1. The van der Waals surface area contributed by atoms with Gasteiger partial charge >= 0.3 is 0 Å². The third kappa shape index (κ3) is 2.66. The molecule has 0 radical (unpaired) electrons. The van der Waals surface area contributed by atoms with Crippen LogP contribution in [0.2, 0.25) is 0 Å². The van der Waals surface area contributed by atoms with Gasteiger partial charge in [0.1, 0.15) is 18.1 Å². The minimum Gasteiger partial charge on any atom is -0.496 e. The van der Waals surface area contributed by atoms with Gasteiger partial charge in [0.2, 0.25) is 0 Å². The Bertz CT molecular complexity index is 785. The molecule has 1 atom stereocenters. The normalized spacial score (nSPS) is 21.8. The first kappa shape index (κ1) is 16.0. The van der Waals surface area contributed by atoms with E-state index >= 15 is 0 Å². The number of hydrogen-bond acceptors (Lipinski definition) is 3. The van der Waals surface area contributed by atoms with Crippen molar-refractivity contribution >= 4 is 5.91 Å². The molecule has 0 aromatic heterocycles. The second-order valence-corrected chi connectivity index (χ2v) is 7.05. The molecular formula is C21H23NO3. The molecule has 0 bridgehead atoms. The molecule has 4 rings (SSSR count). The van der Waals surface area contributed by atoms with E-state index in [0.717, 1.165) is 54.0 Å². The van der Waals surface area contributed by atoms with Crippen molar-refractivity contribution in [1.82, 2.24) is 4.90 Å². The molecule has 2 aromatic carbocycles. The number of hydrogen-bond donors (Lipinski definition) is 0. The first-order chi connectivity index (χ1) is 12.1. The van der Waals surface area contributed by atoms with Gasteiger partial charge in [-0.3, -0.25) is 4.79 Å². The monoisotopic (exact) mass is 337 g/mol. The summed E-state index contributed by atoms with van der Waals surface area (Å²) in [7, 11) is 1.68. The molecule has 2 aliphatic rings. The molecule has 0 saturated carbocycles. The Morgan fingerprint density at radius 3 is 2.76 bits per heavy atom. The molecule has 1 spiro atoms. The molecule has 4 nitrogen and oxygen atoms in total. The number of rotatable bonds is 2. The molecule has 4 heteroatoms. The van der Waals surface area contributed by atoms with Gasteiger partial charge in [0, 0.05) is 24.1 Å². The van der Waals surface area contributed by atoms with Gasteiger partial charge in [0.25, 0.3) is 5.91 Å². The molecular weight excluding hydrogens is 314 g/mol. The van der Waals surface area contributed by atoms with Crippen LogP contribution in [-0.4, -0.2) is 36.6 Å². The van der Waals surface area contributed by atoms with E-state index in [-0.39, 0.29) is 11.4 Å². The van der Waals surface area contributed by atoms with Crippen LogP contribution in [0.25, 0.3) is 0 Å². The van der Waals surface area contributed by atoms with E-state index in [1.54, 1.807) is 7.11 Å². The van der Waals surface area contributed by atoms with Crippen molar-refractivity contribution in [3.63, 3.8) is 0 Å². The number of methoxy groups -OCH3 is 1. The summed E-state index contributed by atoms with van der Waals surface area (Å²) in [6, 6.07) is 13.7. The van der Waals surface area contributed by atoms with Crippen LogP contribution in [-0.2, 0) is 6.42 Å². The number of carbonyl (C=O) groups excluding carboxylic acids is 1. The molecule has 25 heavy (non-hydrogen) atoms. The molecule has 2 aliphatic heterocycles. The Kier molecular flexibility index (Phi) is 3.91. The van der Waals surface area contributed by atoms with Crippen LogP contribution in [0.5, 0.6) is 11.5 Å². The van der Waals surface area contributed by atoms with Crippen LogP contribution in [0.15, 0.2) is 42.5 Å². The smallest absolute Gasteiger partial charge is 0.254 e. The maximum absolute atomic E-state index is 13.1. The summed E-state index contributed by atoms with van der Waals surface area (Å²) in [6.45, 7) is 3.36.